The summed E-state index contributed by atoms with van der Waals surface area (Å²) in [6.45, 7) is 3.78. The second-order valence-electron chi connectivity index (χ2n) is 6.39. The minimum atomic E-state index is 0.163. The van der Waals surface area contributed by atoms with Gasteiger partial charge in [-0.1, -0.05) is 11.3 Å². The van der Waals surface area contributed by atoms with Gasteiger partial charge < -0.3 is 5.32 Å². The van der Waals surface area contributed by atoms with Crippen molar-refractivity contribution in [1.29, 1.82) is 0 Å². The van der Waals surface area contributed by atoms with Crippen LogP contribution >= 0.6 is 11.3 Å². The van der Waals surface area contributed by atoms with E-state index in [0.29, 0.717) is 12.2 Å². The van der Waals surface area contributed by atoms with Crippen molar-refractivity contribution < 1.29 is 4.79 Å². The van der Waals surface area contributed by atoms with Gasteiger partial charge in [0, 0.05) is 35.8 Å². The molecule has 4 rings (SSSR count). The SMILES string of the molecule is Cc1nnc(-c2cc3cc(CC(=O)C4CCNCC4)ncc3cn2)s1. The molecule has 1 aliphatic heterocycles. The van der Waals surface area contributed by atoms with Crippen LogP contribution in [0.4, 0.5) is 0 Å². The lowest BCUT2D eigenvalue weighted by Gasteiger charge is -2.21. The molecule has 25 heavy (non-hydrogen) atoms. The van der Waals surface area contributed by atoms with E-state index in [1.165, 1.54) is 11.3 Å². The predicted octanol–water partition coefficient (Wildman–Crippen LogP) is 2.57. The third-order valence-electron chi connectivity index (χ3n) is 4.55. The molecule has 0 bridgehead atoms. The molecule has 0 amide bonds. The van der Waals surface area contributed by atoms with Gasteiger partial charge >= 0.3 is 0 Å². The molecule has 0 unspecified atom stereocenters. The normalized spacial score (nSPS) is 15.6. The van der Waals surface area contributed by atoms with Gasteiger partial charge in [0.25, 0.3) is 0 Å². The second kappa shape index (κ2) is 6.93. The average Bonchev–Trinajstić information content (AvgIpc) is 3.08. The van der Waals surface area contributed by atoms with E-state index in [-0.39, 0.29) is 5.92 Å². The fourth-order valence-corrected chi connectivity index (χ4v) is 3.82. The highest BCUT2D eigenvalue weighted by molar-refractivity contribution is 7.14. The molecule has 1 saturated heterocycles. The fraction of sp³-hybridized carbons (Fsp3) is 0.389. The maximum atomic E-state index is 12.5. The minimum Gasteiger partial charge on any atom is -0.317 e. The number of Topliss-reactive ketones (excluding diaryl/α,β-unsaturated/α-hetero) is 1. The molecule has 0 atom stereocenters. The highest BCUT2D eigenvalue weighted by atomic mass is 32.1. The van der Waals surface area contributed by atoms with Crippen molar-refractivity contribution in [3.63, 3.8) is 0 Å². The summed E-state index contributed by atoms with van der Waals surface area (Å²) in [6.07, 6.45) is 5.85. The second-order valence-corrected chi connectivity index (χ2v) is 7.57. The summed E-state index contributed by atoms with van der Waals surface area (Å²) in [5.74, 6) is 0.457. The van der Waals surface area contributed by atoms with Gasteiger partial charge in [-0.3, -0.25) is 14.8 Å². The number of ketones is 1. The van der Waals surface area contributed by atoms with Gasteiger partial charge in [0.05, 0.1) is 0 Å². The van der Waals surface area contributed by atoms with Crippen molar-refractivity contribution in [3.8, 4) is 10.7 Å². The molecule has 1 aliphatic rings. The summed E-state index contributed by atoms with van der Waals surface area (Å²) in [4.78, 5) is 21.4. The largest absolute Gasteiger partial charge is 0.317 e. The molecule has 0 aromatic carbocycles. The lowest BCUT2D eigenvalue weighted by Crippen LogP contribution is -2.32. The third kappa shape index (κ3) is 3.57. The Morgan fingerprint density at radius 3 is 2.72 bits per heavy atom. The number of piperidine rings is 1. The van der Waals surface area contributed by atoms with Crippen LogP contribution in [0.25, 0.3) is 21.5 Å². The van der Waals surface area contributed by atoms with Gasteiger partial charge in [0.2, 0.25) is 0 Å². The van der Waals surface area contributed by atoms with Gasteiger partial charge in [-0.2, -0.15) is 0 Å². The van der Waals surface area contributed by atoms with Crippen molar-refractivity contribution in [2.75, 3.05) is 13.1 Å². The van der Waals surface area contributed by atoms with E-state index in [2.05, 4.69) is 25.5 Å². The molecule has 1 fully saturated rings. The Labute approximate surface area is 149 Å². The quantitative estimate of drug-likeness (QED) is 0.776. The molecule has 0 radical (unpaired) electrons. The lowest BCUT2D eigenvalue weighted by molar-refractivity contribution is -0.123. The van der Waals surface area contributed by atoms with Crippen LogP contribution in [0.15, 0.2) is 24.5 Å². The highest BCUT2D eigenvalue weighted by Gasteiger charge is 2.21. The molecule has 3 aromatic rings. The maximum absolute atomic E-state index is 12.5. The van der Waals surface area contributed by atoms with E-state index in [4.69, 9.17) is 0 Å². The molecule has 3 aromatic heterocycles. The fourth-order valence-electron chi connectivity index (χ4n) is 3.16. The molecule has 0 saturated carbocycles. The number of nitrogens with zero attached hydrogens (tertiary/aromatic N) is 4. The summed E-state index contributed by atoms with van der Waals surface area (Å²) in [5.41, 5.74) is 1.63. The zero-order valence-electron chi connectivity index (χ0n) is 14.0. The molecule has 0 spiro atoms. The summed E-state index contributed by atoms with van der Waals surface area (Å²) < 4.78 is 0. The van der Waals surface area contributed by atoms with Crippen LogP contribution in [0.2, 0.25) is 0 Å². The van der Waals surface area contributed by atoms with Gasteiger partial charge in [-0.15, -0.1) is 10.2 Å². The molecule has 7 heteroatoms. The third-order valence-corrected chi connectivity index (χ3v) is 5.42. The first-order chi connectivity index (χ1) is 12.2. The predicted molar refractivity (Wildman–Crippen MR) is 97.5 cm³/mol. The monoisotopic (exact) mass is 353 g/mol. The average molecular weight is 353 g/mol. The van der Waals surface area contributed by atoms with Crippen LogP contribution in [-0.2, 0) is 11.2 Å². The van der Waals surface area contributed by atoms with E-state index in [9.17, 15) is 4.79 Å². The Morgan fingerprint density at radius 2 is 1.96 bits per heavy atom. The van der Waals surface area contributed by atoms with Crippen LogP contribution in [0.3, 0.4) is 0 Å². The number of nitrogens with one attached hydrogen (secondary N) is 1. The van der Waals surface area contributed by atoms with E-state index in [1.54, 1.807) is 12.4 Å². The van der Waals surface area contributed by atoms with E-state index < -0.39 is 0 Å². The summed E-state index contributed by atoms with van der Waals surface area (Å²) in [5, 5.41) is 15.2. The van der Waals surface area contributed by atoms with Gasteiger partial charge in [-0.05, 0) is 50.4 Å². The van der Waals surface area contributed by atoms with E-state index >= 15 is 0 Å². The number of carbonyl (C=O) groups is 1. The van der Waals surface area contributed by atoms with Gasteiger partial charge in [0.1, 0.15) is 16.5 Å². The Morgan fingerprint density at radius 1 is 1.16 bits per heavy atom. The Balaban J connectivity index is 1.59. The topological polar surface area (TPSA) is 80.7 Å². The van der Waals surface area contributed by atoms with Crippen molar-refractivity contribution >= 4 is 27.9 Å². The first-order valence-electron chi connectivity index (χ1n) is 8.47. The molecule has 6 nitrogen and oxygen atoms in total. The zero-order valence-corrected chi connectivity index (χ0v) is 14.8. The molecule has 128 valence electrons. The molecule has 0 aliphatic carbocycles. The maximum Gasteiger partial charge on any atom is 0.166 e. The number of hydrogen-bond acceptors (Lipinski definition) is 7. The van der Waals surface area contributed by atoms with E-state index in [0.717, 1.165) is 58.1 Å². The molecule has 4 heterocycles. The summed E-state index contributed by atoms with van der Waals surface area (Å²) in [7, 11) is 0. The van der Waals surface area contributed by atoms with Crippen LogP contribution in [-0.4, -0.2) is 39.0 Å². The van der Waals surface area contributed by atoms with Gasteiger partial charge in [0.15, 0.2) is 5.01 Å². The zero-order chi connectivity index (χ0) is 17.2. The van der Waals surface area contributed by atoms with Gasteiger partial charge in [-0.25, -0.2) is 0 Å². The van der Waals surface area contributed by atoms with Crippen molar-refractivity contribution in [3.05, 3.63) is 35.2 Å². The number of aryl methyl sites for hydroxylation is 1. The summed E-state index contributed by atoms with van der Waals surface area (Å²) >= 11 is 1.52. The number of pyridine rings is 2. The lowest BCUT2D eigenvalue weighted by atomic mass is 9.91. The van der Waals surface area contributed by atoms with Crippen molar-refractivity contribution in [1.82, 2.24) is 25.5 Å². The van der Waals surface area contributed by atoms with Crippen LogP contribution in [0, 0.1) is 12.8 Å². The molecule has 1 N–H and O–H groups in total. The Bertz CT molecular complexity index is 917. The number of aromatic nitrogens is 4. The van der Waals surface area contributed by atoms with Crippen LogP contribution < -0.4 is 5.32 Å². The Hall–Kier alpha value is -2.25. The summed E-state index contributed by atoms with van der Waals surface area (Å²) in [6, 6.07) is 3.99. The molecular formula is C18H19N5OS. The van der Waals surface area contributed by atoms with Crippen molar-refractivity contribution in [2.45, 2.75) is 26.2 Å². The molecular weight excluding hydrogens is 334 g/mol. The van der Waals surface area contributed by atoms with Crippen LogP contribution in [0.5, 0.6) is 0 Å². The smallest absolute Gasteiger partial charge is 0.166 e. The number of fused-ring (bicyclic) bond motifs is 1. The van der Waals surface area contributed by atoms with E-state index in [1.807, 2.05) is 19.1 Å². The van der Waals surface area contributed by atoms with Crippen LogP contribution in [0.1, 0.15) is 23.5 Å². The Kier molecular flexibility index (Phi) is 4.50. The first-order valence-corrected chi connectivity index (χ1v) is 9.29. The standard InChI is InChI=1S/C18H19N5OS/c1-11-22-23-18(25-11)16-7-13-6-15(20-9-14(13)10-21-16)8-17(24)12-2-4-19-5-3-12/h6-7,9-10,12,19H,2-5,8H2,1H3. The highest BCUT2D eigenvalue weighted by Crippen LogP contribution is 2.25. The number of rotatable bonds is 4. The first kappa shape index (κ1) is 16.2. The minimum absolute atomic E-state index is 0.163. The number of carbonyl (C=O) groups excluding carboxylic acids is 1. The van der Waals surface area contributed by atoms with Crippen molar-refractivity contribution in [2.24, 2.45) is 5.92 Å². The number of hydrogen-bond donors (Lipinski definition) is 1.